The van der Waals surface area contributed by atoms with E-state index < -0.39 is 0 Å². The fourth-order valence-corrected chi connectivity index (χ4v) is 1.87. The number of anilines is 1. The van der Waals surface area contributed by atoms with E-state index in [-0.39, 0.29) is 0 Å². The standard InChI is InChI=1S/C14H19N3O2/c1-18-9-3-6-13-16-14(19-17-13)8-7-11-4-2-5-12(15)10-11/h2,4-5,10H,3,6-9,15H2,1H3. The molecule has 1 aromatic carbocycles. The second kappa shape index (κ2) is 6.89. The van der Waals surface area contributed by atoms with E-state index >= 15 is 0 Å². The zero-order chi connectivity index (χ0) is 13.5. The van der Waals surface area contributed by atoms with E-state index in [2.05, 4.69) is 10.1 Å². The molecule has 0 unspecified atom stereocenters. The largest absolute Gasteiger partial charge is 0.399 e. The minimum Gasteiger partial charge on any atom is -0.399 e. The fraction of sp³-hybridized carbons (Fsp3) is 0.429. The van der Waals surface area contributed by atoms with Gasteiger partial charge in [0.1, 0.15) is 0 Å². The van der Waals surface area contributed by atoms with Gasteiger partial charge in [-0.05, 0) is 30.5 Å². The van der Waals surface area contributed by atoms with Gasteiger partial charge in [-0.25, -0.2) is 0 Å². The van der Waals surface area contributed by atoms with Gasteiger partial charge in [0.25, 0.3) is 0 Å². The van der Waals surface area contributed by atoms with Crippen molar-refractivity contribution in [2.24, 2.45) is 0 Å². The zero-order valence-electron chi connectivity index (χ0n) is 11.1. The summed E-state index contributed by atoms with van der Waals surface area (Å²) in [5, 5.41) is 3.95. The Labute approximate surface area is 112 Å². The molecule has 2 rings (SSSR count). The van der Waals surface area contributed by atoms with Gasteiger partial charge in [-0.1, -0.05) is 17.3 Å². The van der Waals surface area contributed by atoms with Crippen molar-refractivity contribution in [1.82, 2.24) is 10.1 Å². The molecule has 0 saturated heterocycles. The molecule has 0 aliphatic rings. The molecule has 0 atom stereocenters. The van der Waals surface area contributed by atoms with Crippen LogP contribution in [0.25, 0.3) is 0 Å². The van der Waals surface area contributed by atoms with Gasteiger partial charge in [-0.15, -0.1) is 0 Å². The van der Waals surface area contributed by atoms with Crippen LogP contribution in [0.15, 0.2) is 28.8 Å². The Balaban J connectivity index is 1.83. The number of aromatic nitrogens is 2. The third kappa shape index (κ3) is 4.37. The van der Waals surface area contributed by atoms with Gasteiger partial charge in [0, 0.05) is 32.2 Å². The number of rotatable bonds is 7. The van der Waals surface area contributed by atoms with Gasteiger partial charge in [0.15, 0.2) is 5.82 Å². The SMILES string of the molecule is COCCCc1noc(CCc2cccc(N)c2)n1. The Morgan fingerprint density at radius 2 is 2.16 bits per heavy atom. The third-order valence-electron chi connectivity index (χ3n) is 2.84. The van der Waals surface area contributed by atoms with Crippen molar-refractivity contribution in [3.63, 3.8) is 0 Å². The van der Waals surface area contributed by atoms with Crippen LogP contribution in [0.5, 0.6) is 0 Å². The van der Waals surface area contributed by atoms with Crippen LogP contribution < -0.4 is 5.73 Å². The number of nitrogen functional groups attached to an aromatic ring is 1. The first kappa shape index (κ1) is 13.5. The van der Waals surface area contributed by atoms with Crippen LogP contribution in [0.1, 0.15) is 23.7 Å². The molecule has 0 fully saturated rings. The lowest BCUT2D eigenvalue weighted by molar-refractivity contribution is 0.194. The first-order chi connectivity index (χ1) is 9.28. The van der Waals surface area contributed by atoms with Crippen LogP contribution in [0.3, 0.4) is 0 Å². The molecule has 0 spiro atoms. The summed E-state index contributed by atoms with van der Waals surface area (Å²) >= 11 is 0. The van der Waals surface area contributed by atoms with E-state index in [1.165, 1.54) is 5.56 Å². The molecule has 2 aromatic rings. The van der Waals surface area contributed by atoms with Gasteiger partial charge < -0.3 is 15.0 Å². The van der Waals surface area contributed by atoms with E-state index in [1.807, 2.05) is 24.3 Å². The van der Waals surface area contributed by atoms with E-state index in [0.717, 1.165) is 37.2 Å². The molecule has 2 N–H and O–H groups in total. The van der Waals surface area contributed by atoms with Crippen LogP contribution in [-0.2, 0) is 24.0 Å². The Morgan fingerprint density at radius 1 is 1.26 bits per heavy atom. The number of nitrogens with zero attached hydrogens (tertiary/aromatic N) is 2. The smallest absolute Gasteiger partial charge is 0.226 e. The summed E-state index contributed by atoms with van der Waals surface area (Å²) < 4.78 is 10.2. The summed E-state index contributed by atoms with van der Waals surface area (Å²) in [6.45, 7) is 0.715. The monoisotopic (exact) mass is 261 g/mol. The van der Waals surface area contributed by atoms with Crippen LogP contribution >= 0.6 is 0 Å². The van der Waals surface area contributed by atoms with E-state index in [4.69, 9.17) is 15.0 Å². The molecule has 0 radical (unpaired) electrons. The molecule has 0 bridgehead atoms. The van der Waals surface area contributed by atoms with Crippen molar-refractivity contribution in [3.8, 4) is 0 Å². The lowest BCUT2D eigenvalue weighted by atomic mass is 10.1. The maximum atomic E-state index is 5.74. The van der Waals surface area contributed by atoms with Gasteiger partial charge >= 0.3 is 0 Å². The third-order valence-corrected chi connectivity index (χ3v) is 2.84. The molecule has 0 aliphatic heterocycles. The fourth-order valence-electron chi connectivity index (χ4n) is 1.87. The van der Waals surface area contributed by atoms with Gasteiger partial charge in [-0.3, -0.25) is 0 Å². The highest BCUT2D eigenvalue weighted by Gasteiger charge is 2.06. The average molecular weight is 261 g/mol. The Kier molecular flexibility index (Phi) is 4.92. The highest BCUT2D eigenvalue weighted by molar-refractivity contribution is 5.40. The normalized spacial score (nSPS) is 10.8. The summed E-state index contributed by atoms with van der Waals surface area (Å²) in [6, 6.07) is 7.85. The summed E-state index contributed by atoms with van der Waals surface area (Å²) in [5.74, 6) is 1.43. The summed E-state index contributed by atoms with van der Waals surface area (Å²) in [7, 11) is 1.69. The maximum absolute atomic E-state index is 5.74. The molecular weight excluding hydrogens is 242 g/mol. The predicted molar refractivity (Wildman–Crippen MR) is 72.8 cm³/mol. The molecule has 0 saturated carbocycles. The number of hydrogen-bond donors (Lipinski definition) is 1. The second-order valence-corrected chi connectivity index (χ2v) is 4.45. The molecule has 0 amide bonds. The Morgan fingerprint density at radius 3 is 2.95 bits per heavy atom. The van der Waals surface area contributed by atoms with Gasteiger partial charge in [0.2, 0.25) is 5.89 Å². The summed E-state index contributed by atoms with van der Waals surface area (Å²) in [5.41, 5.74) is 7.70. The van der Waals surface area contributed by atoms with Gasteiger partial charge in [0.05, 0.1) is 0 Å². The van der Waals surface area contributed by atoms with Crippen LogP contribution in [0, 0.1) is 0 Å². The van der Waals surface area contributed by atoms with E-state index in [1.54, 1.807) is 7.11 Å². The maximum Gasteiger partial charge on any atom is 0.226 e. The minimum absolute atomic E-state index is 0.676. The minimum atomic E-state index is 0.676. The van der Waals surface area contributed by atoms with E-state index in [0.29, 0.717) is 12.5 Å². The van der Waals surface area contributed by atoms with Gasteiger partial charge in [-0.2, -0.15) is 4.98 Å². The molecule has 102 valence electrons. The first-order valence-corrected chi connectivity index (χ1v) is 6.43. The predicted octanol–water partition coefficient (Wildman–Crippen LogP) is 2.02. The number of benzene rings is 1. The highest BCUT2D eigenvalue weighted by Crippen LogP contribution is 2.10. The molecule has 19 heavy (non-hydrogen) atoms. The van der Waals surface area contributed by atoms with Crippen molar-refractivity contribution in [1.29, 1.82) is 0 Å². The van der Waals surface area contributed by atoms with Crippen molar-refractivity contribution in [2.75, 3.05) is 19.5 Å². The lowest BCUT2D eigenvalue weighted by Gasteiger charge is -1.99. The van der Waals surface area contributed by atoms with Crippen LogP contribution in [0.4, 0.5) is 5.69 Å². The lowest BCUT2D eigenvalue weighted by Crippen LogP contribution is -1.96. The highest BCUT2D eigenvalue weighted by atomic mass is 16.5. The molecule has 5 nitrogen and oxygen atoms in total. The van der Waals surface area contributed by atoms with Crippen LogP contribution in [-0.4, -0.2) is 23.9 Å². The Bertz CT molecular complexity index is 511. The molecule has 1 heterocycles. The number of nitrogens with two attached hydrogens (primary N) is 1. The summed E-state index contributed by atoms with van der Waals surface area (Å²) in [6.07, 6.45) is 3.28. The average Bonchev–Trinajstić information content (AvgIpc) is 2.85. The number of hydrogen-bond acceptors (Lipinski definition) is 5. The topological polar surface area (TPSA) is 74.2 Å². The van der Waals surface area contributed by atoms with Crippen molar-refractivity contribution >= 4 is 5.69 Å². The molecule has 0 aliphatic carbocycles. The number of ether oxygens (including phenoxy) is 1. The first-order valence-electron chi connectivity index (χ1n) is 6.43. The van der Waals surface area contributed by atoms with E-state index in [9.17, 15) is 0 Å². The molecule has 5 heteroatoms. The molecular formula is C14H19N3O2. The number of aryl methyl sites for hydroxylation is 3. The quantitative estimate of drug-likeness (QED) is 0.609. The Hall–Kier alpha value is -1.88. The van der Waals surface area contributed by atoms with Crippen LogP contribution in [0.2, 0.25) is 0 Å². The van der Waals surface area contributed by atoms with Crippen molar-refractivity contribution in [3.05, 3.63) is 41.5 Å². The molecule has 1 aromatic heterocycles. The second-order valence-electron chi connectivity index (χ2n) is 4.45. The summed E-state index contributed by atoms with van der Waals surface area (Å²) in [4.78, 5) is 4.35. The number of methoxy groups -OCH3 is 1. The zero-order valence-corrected chi connectivity index (χ0v) is 11.1. The van der Waals surface area contributed by atoms with Crippen molar-refractivity contribution in [2.45, 2.75) is 25.7 Å². The van der Waals surface area contributed by atoms with Crippen molar-refractivity contribution < 1.29 is 9.26 Å².